The summed E-state index contributed by atoms with van der Waals surface area (Å²) >= 11 is 0. The molecule has 0 amide bonds. The lowest BCUT2D eigenvalue weighted by molar-refractivity contribution is -0.151. The molecule has 142 valence electrons. The van der Waals surface area contributed by atoms with Crippen LogP contribution in [0.15, 0.2) is 0 Å². The van der Waals surface area contributed by atoms with Crippen molar-refractivity contribution in [3.63, 3.8) is 0 Å². The van der Waals surface area contributed by atoms with Gasteiger partial charge in [0.1, 0.15) is 0 Å². The summed E-state index contributed by atoms with van der Waals surface area (Å²) < 4.78 is 15.3. The highest BCUT2D eigenvalue weighted by Crippen LogP contribution is 2.08. The van der Waals surface area contributed by atoms with Crippen LogP contribution in [-0.4, -0.2) is 38.9 Å². The second-order valence-corrected chi connectivity index (χ2v) is 6.41. The Morgan fingerprint density at radius 1 is 0.833 bits per heavy atom. The maximum atomic E-state index is 11.6. The highest BCUT2D eigenvalue weighted by Gasteiger charge is 2.11. The number of rotatable bonds is 16. The maximum Gasteiger partial charge on any atom is 0.306 e. The summed E-state index contributed by atoms with van der Waals surface area (Å²) in [5.41, 5.74) is 0. The minimum Gasteiger partial charge on any atom is -0.466 e. The molecule has 0 N–H and O–H groups in total. The van der Waals surface area contributed by atoms with Crippen molar-refractivity contribution in [2.75, 3.05) is 26.9 Å². The number of carbonyl (C=O) groups is 2. The smallest absolute Gasteiger partial charge is 0.306 e. The van der Waals surface area contributed by atoms with Crippen molar-refractivity contribution in [3.05, 3.63) is 0 Å². The van der Waals surface area contributed by atoms with Gasteiger partial charge in [0.25, 0.3) is 0 Å². The second-order valence-electron chi connectivity index (χ2n) is 6.41. The van der Waals surface area contributed by atoms with Crippen LogP contribution in [0.3, 0.4) is 0 Å². The first-order valence-corrected chi connectivity index (χ1v) is 9.40. The fraction of sp³-hybridized carbons (Fsp3) is 0.895. The van der Waals surface area contributed by atoms with E-state index in [0.29, 0.717) is 19.8 Å². The van der Waals surface area contributed by atoms with Crippen LogP contribution in [0.25, 0.3) is 0 Å². The van der Waals surface area contributed by atoms with E-state index in [2.05, 4.69) is 6.92 Å². The summed E-state index contributed by atoms with van der Waals surface area (Å²) in [7, 11) is 1.65. The van der Waals surface area contributed by atoms with E-state index in [1.165, 1.54) is 32.1 Å². The lowest BCUT2D eigenvalue weighted by Gasteiger charge is -2.11. The van der Waals surface area contributed by atoms with Crippen molar-refractivity contribution >= 4 is 11.9 Å². The molecule has 0 radical (unpaired) electrons. The lowest BCUT2D eigenvalue weighted by atomic mass is 10.1. The number of methoxy groups -OCH3 is 1. The quantitative estimate of drug-likeness (QED) is 0.309. The van der Waals surface area contributed by atoms with E-state index < -0.39 is 0 Å². The monoisotopic (exact) mass is 344 g/mol. The third-order valence-corrected chi connectivity index (χ3v) is 3.89. The first-order valence-electron chi connectivity index (χ1n) is 9.40. The average Bonchev–Trinajstić information content (AvgIpc) is 2.58. The van der Waals surface area contributed by atoms with Crippen molar-refractivity contribution < 1.29 is 23.8 Å². The van der Waals surface area contributed by atoms with Gasteiger partial charge in [0.05, 0.1) is 26.1 Å². The number of hydrogen-bond donors (Lipinski definition) is 0. The number of hydrogen-bond acceptors (Lipinski definition) is 5. The first kappa shape index (κ1) is 22.9. The van der Waals surface area contributed by atoms with Crippen LogP contribution in [0.4, 0.5) is 0 Å². The Bertz CT molecular complexity index is 317. The topological polar surface area (TPSA) is 61.8 Å². The zero-order chi connectivity index (χ0) is 18.0. The molecule has 0 aliphatic heterocycles. The summed E-state index contributed by atoms with van der Waals surface area (Å²) in [5.74, 6) is -0.393. The van der Waals surface area contributed by atoms with Crippen LogP contribution in [0, 0.1) is 5.92 Å². The van der Waals surface area contributed by atoms with Crippen LogP contribution in [-0.2, 0) is 23.8 Å². The molecule has 0 aliphatic rings. The SMILES string of the molecule is CCCCCCCCCOC(=O)CCC(=O)OCC(C)CCOC. The molecule has 0 saturated carbocycles. The minimum absolute atomic E-state index is 0.0901. The molecule has 0 aliphatic carbocycles. The van der Waals surface area contributed by atoms with Gasteiger partial charge in [0.15, 0.2) is 0 Å². The van der Waals surface area contributed by atoms with Crippen LogP contribution < -0.4 is 0 Å². The predicted molar refractivity (Wildman–Crippen MR) is 94.8 cm³/mol. The van der Waals surface area contributed by atoms with E-state index in [9.17, 15) is 9.59 Å². The van der Waals surface area contributed by atoms with Crippen LogP contribution >= 0.6 is 0 Å². The van der Waals surface area contributed by atoms with Gasteiger partial charge in [-0.3, -0.25) is 9.59 Å². The summed E-state index contributed by atoms with van der Waals surface area (Å²) in [6.07, 6.45) is 9.35. The van der Waals surface area contributed by atoms with E-state index >= 15 is 0 Å². The number of unbranched alkanes of at least 4 members (excludes halogenated alkanes) is 6. The summed E-state index contributed by atoms with van der Waals surface area (Å²) in [5, 5.41) is 0. The molecule has 1 atom stereocenters. The molecule has 0 aromatic carbocycles. The molecule has 0 aromatic rings. The Balaban J connectivity index is 3.46. The van der Waals surface area contributed by atoms with E-state index in [4.69, 9.17) is 14.2 Å². The first-order chi connectivity index (χ1) is 11.6. The van der Waals surface area contributed by atoms with Crippen molar-refractivity contribution in [1.29, 1.82) is 0 Å². The summed E-state index contributed by atoms with van der Waals surface area (Å²) in [6.45, 7) is 5.69. The van der Waals surface area contributed by atoms with E-state index in [1.807, 2.05) is 6.92 Å². The standard InChI is InChI=1S/C19H36O5/c1-4-5-6-7-8-9-10-14-23-18(20)11-12-19(21)24-16-17(2)13-15-22-3/h17H,4-16H2,1-3H3. The molecule has 0 bridgehead atoms. The van der Waals surface area contributed by atoms with Gasteiger partial charge in [-0.05, 0) is 18.8 Å². The van der Waals surface area contributed by atoms with Gasteiger partial charge in [-0.2, -0.15) is 0 Å². The Labute approximate surface area is 147 Å². The van der Waals surface area contributed by atoms with Gasteiger partial charge in [-0.25, -0.2) is 0 Å². The number of esters is 2. The van der Waals surface area contributed by atoms with Crippen molar-refractivity contribution in [2.24, 2.45) is 5.92 Å². The van der Waals surface area contributed by atoms with E-state index in [0.717, 1.165) is 19.3 Å². The fourth-order valence-electron chi connectivity index (χ4n) is 2.23. The van der Waals surface area contributed by atoms with Gasteiger partial charge in [0.2, 0.25) is 0 Å². The van der Waals surface area contributed by atoms with Crippen LogP contribution in [0.2, 0.25) is 0 Å². The second kappa shape index (κ2) is 16.7. The molecule has 1 unspecified atom stereocenters. The van der Waals surface area contributed by atoms with Gasteiger partial charge in [-0.1, -0.05) is 52.4 Å². The Hall–Kier alpha value is -1.10. The molecule has 24 heavy (non-hydrogen) atoms. The zero-order valence-electron chi connectivity index (χ0n) is 15.8. The van der Waals surface area contributed by atoms with Gasteiger partial charge in [0, 0.05) is 13.7 Å². The Morgan fingerprint density at radius 3 is 2.04 bits per heavy atom. The Kier molecular flexibility index (Phi) is 16.0. The Morgan fingerprint density at radius 2 is 1.42 bits per heavy atom. The molecule has 5 nitrogen and oxygen atoms in total. The lowest BCUT2D eigenvalue weighted by Crippen LogP contribution is -2.15. The normalized spacial score (nSPS) is 12.0. The third kappa shape index (κ3) is 15.8. The molecule has 0 heterocycles. The molecule has 0 rings (SSSR count). The van der Waals surface area contributed by atoms with Crippen LogP contribution in [0.5, 0.6) is 0 Å². The molecule has 0 fully saturated rings. The number of carbonyl (C=O) groups excluding carboxylic acids is 2. The molecular formula is C19H36O5. The molecule has 0 spiro atoms. The largest absolute Gasteiger partial charge is 0.466 e. The average molecular weight is 344 g/mol. The molecule has 0 aromatic heterocycles. The van der Waals surface area contributed by atoms with Gasteiger partial charge in [-0.15, -0.1) is 0 Å². The van der Waals surface area contributed by atoms with Crippen molar-refractivity contribution in [1.82, 2.24) is 0 Å². The van der Waals surface area contributed by atoms with E-state index in [1.54, 1.807) is 7.11 Å². The highest BCUT2D eigenvalue weighted by atomic mass is 16.5. The maximum absolute atomic E-state index is 11.6. The van der Waals surface area contributed by atoms with Crippen LogP contribution in [0.1, 0.15) is 78.1 Å². The molecular weight excluding hydrogens is 308 g/mol. The minimum atomic E-state index is -0.341. The number of ether oxygens (including phenoxy) is 3. The van der Waals surface area contributed by atoms with Gasteiger partial charge < -0.3 is 14.2 Å². The summed E-state index contributed by atoms with van der Waals surface area (Å²) in [4.78, 5) is 23.1. The van der Waals surface area contributed by atoms with Gasteiger partial charge >= 0.3 is 11.9 Å². The molecule has 5 heteroatoms. The summed E-state index contributed by atoms with van der Waals surface area (Å²) in [6, 6.07) is 0. The van der Waals surface area contributed by atoms with E-state index in [-0.39, 0.29) is 30.7 Å². The zero-order valence-corrected chi connectivity index (χ0v) is 15.8. The van der Waals surface area contributed by atoms with Crippen molar-refractivity contribution in [2.45, 2.75) is 78.1 Å². The third-order valence-electron chi connectivity index (χ3n) is 3.89. The highest BCUT2D eigenvalue weighted by molar-refractivity contribution is 5.77. The predicted octanol–water partition coefficient (Wildman–Crippen LogP) is 4.28. The fourth-order valence-corrected chi connectivity index (χ4v) is 2.23. The molecule has 0 saturated heterocycles. The van der Waals surface area contributed by atoms with Crippen molar-refractivity contribution in [3.8, 4) is 0 Å².